The van der Waals surface area contributed by atoms with Crippen LogP contribution < -0.4 is 5.32 Å². The van der Waals surface area contributed by atoms with Crippen LogP contribution in [0.2, 0.25) is 5.02 Å². The number of halogens is 1. The highest BCUT2D eigenvalue weighted by atomic mass is 35.5. The van der Waals surface area contributed by atoms with Gasteiger partial charge in [-0.25, -0.2) is 9.67 Å². The van der Waals surface area contributed by atoms with E-state index in [4.69, 9.17) is 16.3 Å². The molecule has 0 saturated heterocycles. The Morgan fingerprint density at radius 1 is 1.42 bits per heavy atom. The minimum absolute atomic E-state index is 0.603. The van der Waals surface area contributed by atoms with E-state index in [1.165, 1.54) is 0 Å². The average molecular weight is 281 g/mol. The van der Waals surface area contributed by atoms with E-state index < -0.39 is 0 Å². The number of hydrogen-bond acceptors (Lipinski definition) is 4. The molecule has 0 aromatic carbocycles. The van der Waals surface area contributed by atoms with Gasteiger partial charge < -0.3 is 10.1 Å². The summed E-state index contributed by atoms with van der Waals surface area (Å²) in [5, 5.41) is 8.04. The minimum atomic E-state index is 0.603. The first-order chi connectivity index (χ1) is 9.20. The summed E-state index contributed by atoms with van der Waals surface area (Å²) in [5.41, 5.74) is 2.20. The molecule has 2 heterocycles. The number of pyridine rings is 1. The Bertz CT molecular complexity index is 541. The van der Waals surface area contributed by atoms with Gasteiger partial charge in [0.15, 0.2) is 5.82 Å². The maximum absolute atomic E-state index is 5.86. The molecule has 0 spiro atoms. The summed E-state index contributed by atoms with van der Waals surface area (Å²) >= 11 is 5.86. The Balaban J connectivity index is 2.05. The summed E-state index contributed by atoms with van der Waals surface area (Å²) < 4.78 is 6.66. The van der Waals surface area contributed by atoms with Crippen LogP contribution in [0.25, 0.3) is 5.82 Å². The predicted octanol–water partition coefficient (Wildman–Crippen LogP) is 1.97. The smallest absolute Gasteiger partial charge is 0.156 e. The highest BCUT2D eigenvalue weighted by Gasteiger charge is 2.05. The molecule has 0 aliphatic carbocycles. The summed E-state index contributed by atoms with van der Waals surface area (Å²) in [4.78, 5) is 4.43. The lowest BCUT2D eigenvalue weighted by molar-refractivity contribution is 0.199. The second-order valence-electron chi connectivity index (χ2n) is 4.26. The van der Waals surface area contributed by atoms with E-state index in [0.29, 0.717) is 11.6 Å². The number of ether oxygens (including phenoxy) is 1. The zero-order valence-electron chi connectivity index (χ0n) is 11.1. The predicted molar refractivity (Wildman–Crippen MR) is 74.7 cm³/mol. The molecule has 0 aliphatic rings. The van der Waals surface area contributed by atoms with Gasteiger partial charge in [0.1, 0.15) is 0 Å². The summed E-state index contributed by atoms with van der Waals surface area (Å²) in [5.74, 6) is 0.799. The van der Waals surface area contributed by atoms with Gasteiger partial charge in [0.25, 0.3) is 0 Å². The van der Waals surface area contributed by atoms with E-state index in [9.17, 15) is 0 Å². The summed E-state index contributed by atoms with van der Waals surface area (Å²) in [6.07, 6.45) is 5.19. The zero-order valence-corrected chi connectivity index (χ0v) is 11.8. The molecular formula is C13H17ClN4O. The molecule has 6 heteroatoms. The quantitative estimate of drug-likeness (QED) is 0.822. The SMILES string of the molecule is COCCNCc1cnc(-n2cc(Cl)cn2)c(C)c1. The molecule has 0 unspecified atom stereocenters. The van der Waals surface area contributed by atoms with Gasteiger partial charge >= 0.3 is 0 Å². The maximum Gasteiger partial charge on any atom is 0.156 e. The lowest BCUT2D eigenvalue weighted by atomic mass is 10.2. The highest BCUT2D eigenvalue weighted by molar-refractivity contribution is 6.30. The van der Waals surface area contributed by atoms with Crippen LogP contribution >= 0.6 is 11.6 Å². The van der Waals surface area contributed by atoms with Gasteiger partial charge in [0.2, 0.25) is 0 Å². The van der Waals surface area contributed by atoms with Crippen molar-refractivity contribution in [3.05, 3.63) is 40.8 Å². The lowest BCUT2D eigenvalue weighted by Gasteiger charge is -2.08. The monoisotopic (exact) mass is 280 g/mol. The fourth-order valence-corrected chi connectivity index (χ4v) is 1.92. The fraction of sp³-hybridized carbons (Fsp3) is 0.385. The molecule has 0 aliphatic heterocycles. The molecule has 2 rings (SSSR count). The van der Waals surface area contributed by atoms with Crippen molar-refractivity contribution in [3.8, 4) is 5.82 Å². The summed E-state index contributed by atoms with van der Waals surface area (Å²) in [6.45, 7) is 4.32. The number of nitrogens with zero attached hydrogens (tertiary/aromatic N) is 3. The van der Waals surface area contributed by atoms with Gasteiger partial charge in [0, 0.05) is 26.4 Å². The van der Waals surface area contributed by atoms with Crippen molar-refractivity contribution in [2.75, 3.05) is 20.3 Å². The first-order valence-corrected chi connectivity index (χ1v) is 6.44. The van der Waals surface area contributed by atoms with Crippen LogP contribution in [0, 0.1) is 6.92 Å². The second-order valence-corrected chi connectivity index (χ2v) is 4.69. The van der Waals surface area contributed by atoms with E-state index in [1.807, 2.05) is 13.1 Å². The average Bonchev–Trinajstić information content (AvgIpc) is 2.81. The standard InChI is InChI=1S/C13H17ClN4O/c1-10-5-11(6-15-3-4-19-2)7-16-13(10)18-9-12(14)8-17-18/h5,7-9,15H,3-4,6H2,1-2H3. The number of aryl methyl sites for hydroxylation is 1. The van der Waals surface area contributed by atoms with Gasteiger partial charge in [-0.2, -0.15) is 5.10 Å². The molecule has 102 valence electrons. The first kappa shape index (κ1) is 14.0. The molecule has 0 bridgehead atoms. The van der Waals surface area contributed by atoms with Gasteiger partial charge in [-0.15, -0.1) is 0 Å². The van der Waals surface area contributed by atoms with E-state index in [2.05, 4.69) is 21.5 Å². The number of aromatic nitrogens is 3. The van der Waals surface area contributed by atoms with Crippen LogP contribution in [0.5, 0.6) is 0 Å². The van der Waals surface area contributed by atoms with Crippen LogP contribution in [0.4, 0.5) is 0 Å². The fourth-order valence-electron chi connectivity index (χ4n) is 1.79. The van der Waals surface area contributed by atoms with Gasteiger partial charge in [-0.05, 0) is 24.1 Å². The minimum Gasteiger partial charge on any atom is -0.383 e. The summed E-state index contributed by atoms with van der Waals surface area (Å²) in [6, 6.07) is 2.09. The second kappa shape index (κ2) is 6.65. The first-order valence-electron chi connectivity index (χ1n) is 6.06. The summed E-state index contributed by atoms with van der Waals surface area (Å²) in [7, 11) is 1.69. The Morgan fingerprint density at radius 3 is 2.89 bits per heavy atom. The molecule has 5 nitrogen and oxygen atoms in total. The number of rotatable bonds is 6. The largest absolute Gasteiger partial charge is 0.383 e. The Labute approximate surface area is 117 Å². The third-order valence-electron chi connectivity index (χ3n) is 2.69. The van der Waals surface area contributed by atoms with Crippen LogP contribution in [-0.2, 0) is 11.3 Å². The van der Waals surface area contributed by atoms with Crippen molar-refractivity contribution in [1.29, 1.82) is 0 Å². The van der Waals surface area contributed by atoms with Crippen molar-refractivity contribution in [3.63, 3.8) is 0 Å². The maximum atomic E-state index is 5.86. The van der Waals surface area contributed by atoms with Crippen molar-refractivity contribution in [2.45, 2.75) is 13.5 Å². The van der Waals surface area contributed by atoms with Crippen LogP contribution in [-0.4, -0.2) is 35.0 Å². The van der Waals surface area contributed by atoms with Crippen molar-refractivity contribution in [2.24, 2.45) is 0 Å². The number of methoxy groups -OCH3 is 1. The van der Waals surface area contributed by atoms with E-state index >= 15 is 0 Å². The Hall–Kier alpha value is -1.43. The molecule has 1 N–H and O–H groups in total. The molecule has 2 aromatic heterocycles. The van der Waals surface area contributed by atoms with Gasteiger partial charge in [-0.1, -0.05) is 11.6 Å². The Morgan fingerprint density at radius 2 is 2.26 bits per heavy atom. The molecule has 0 amide bonds. The van der Waals surface area contributed by atoms with Crippen LogP contribution in [0.1, 0.15) is 11.1 Å². The molecule has 0 fully saturated rings. The van der Waals surface area contributed by atoms with E-state index in [1.54, 1.807) is 24.2 Å². The van der Waals surface area contributed by atoms with Crippen LogP contribution in [0.15, 0.2) is 24.7 Å². The molecule has 2 aromatic rings. The normalized spacial score (nSPS) is 10.9. The zero-order chi connectivity index (χ0) is 13.7. The van der Waals surface area contributed by atoms with E-state index in [-0.39, 0.29) is 0 Å². The molecular weight excluding hydrogens is 264 g/mol. The molecule has 0 atom stereocenters. The molecule has 0 saturated carbocycles. The lowest BCUT2D eigenvalue weighted by Crippen LogP contribution is -2.18. The van der Waals surface area contributed by atoms with Gasteiger partial charge in [0.05, 0.1) is 24.0 Å². The van der Waals surface area contributed by atoms with Crippen LogP contribution in [0.3, 0.4) is 0 Å². The third-order valence-corrected chi connectivity index (χ3v) is 2.88. The van der Waals surface area contributed by atoms with Crippen molar-refractivity contribution < 1.29 is 4.74 Å². The Kier molecular flexibility index (Phi) is 4.90. The van der Waals surface area contributed by atoms with Gasteiger partial charge in [-0.3, -0.25) is 0 Å². The van der Waals surface area contributed by atoms with Crippen molar-refractivity contribution >= 4 is 11.6 Å². The third kappa shape index (κ3) is 3.76. The topological polar surface area (TPSA) is 52.0 Å². The van der Waals surface area contributed by atoms with E-state index in [0.717, 1.165) is 30.0 Å². The van der Waals surface area contributed by atoms with Crippen molar-refractivity contribution in [1.82, 2.24) is 20.1 Å². The molecule has 0 radical (unpaired) electrons. The highest BCUT2D eigenvalue weighted by Crippen LogP contribution is 2.14. The number of nitrogens with one attached hydrogen (secondary N) is 1. The molecule has 19 heavy (non-hydrogen) atoms. The number of hydrogen-bond donors (Lipinski definition) is 1.